The van der Waals surface area contributed by atoms with E-state index in [0.29, 0.717) is 0 Å². The van der Waals surface area contributed by atoms with Gasteiger partial charge in [0.25, 0.3) is 0 Å². The van der Waals surface area contributed by atoms with Crippen LogP contribution in [0.15, 0.2) is 35.9 Å². The zero-order valence-corrected chi connectivity index (χ0v) is 10.7. The molecule has 0 spiro atoms. The minimum Gasteiger partial charge on any atom is -0.465 e. The fraction of sp³-hybridized carbons (Fsp3) is 0.286. The van der Waals surface area contributed by atoms with Crippen molar-refractivity contribution in [3.63, 3.8) is 0 Å². The average molecular weight is 248 g/mol. The van der Waals surface area contributed by atoms with Crippen molar-refractivity contribution in [3.05, 3.63) is 41.5 Å². The Labute approximate surface area is 106 Å². The van der Waals surface area contributed by atoms with Gasteiger partial charge < -0.3 is 9.47 Å². The van der Waals surface area contributed by atoms with E-state index in [9.17, 15) is 9.59 Å². The second-order valence-electron chi connectivity index (χ2n) is 3.91. The molecule has 0 N–H and O–H groups in total. The van der Waals surface area contributed by atoms with Gasteiger partial charge in [0.05, 0.1) is 13.2 Å². The molecule has 0 aliphatic heterocycles. The molecule has 0 aliphatic rings. The molecule has 0 radical (unpaired) electrons. The highest BCUT2D eigenvalue weighted by Gasteiger charge is 2.21. The molecule has 0 bridgehead atoms. The smallest absolute Gasteiger partial charge is 0.345 e. The first-order valence-electron chi connectivity index (χ1n) is 5.60. The number of esters is 2. The lowest BCUT2D eigenvalue weighted by Crippen LogP contribution is -2.20. The molecule has 96 valence electrons. The molecular formula is C14H16O4. The van der Waals surface area contributed by atoms with Crippen molar-refractivity contribution >= 4 is 18.0 Å². The van der Waals surface area contributed by atoms with Crippen LogP contribution >= 0.6 is 0 Å². The van der Waals surface area contributed by atoms with Crippen molar-refractivity contribution in [3.8, 4) is 0 Å². The maximum atomic E-state index is 11.8. The van der Waals surface area contributed by atoms with Gasteiger partial charge in [0.2, 0.25) is 0 Å². The molecule has 1 aromatic rings. The summed E-state index contributed by atoms with van der Waals surface area (Å²) in [6, 6.07) is 9.04. The van der Waals surface area contributed by atoms with Gasteiger partial charge in [-0.15, -0.1) is 0 Å². The molecule has 0 atom stereocenters. The molecular weight excluding hydrogens is 232 g/mol. The molecule has 1 aromatic carbocycles. The van der Waals surface area contributed by atoms with Gasteiger partial charge in [-0.1, -0.05) is 30.3 Å². The summed E-state index contributed by atoms with van der Waals surface area (Å²) in [5, 5.41) is 0. The Morgan fingerprint density at radius 1 is 1.11 bits per heavy atom. The van der Waals surface area contributed by atoms with E-state index < -0.39 is 11.9 Å². The van der Waals surface area contributed by atoms with E-state index in [4.69, 9.17) is 4.74 Å². The van der Waals surface area contributed by atoms with E-state index in [-0.39, 0.29) is 11.7 Å². The van der Waals surface area contributed by atoms with E-state index in [1.54, 1.807) is 26.0 Å². The molecule has 4 heteroatoms. The lowest BCUT2D eigenvalue weighted by molar-refractivity contribution is -0.147. The third-order valence-electron chi connectivity index (χ3n) is 2.08. The quantitative estimate of drug-likeness (QED) is 0.355. The largest absolute Gasteiger partial charge is 0.465 e. The van der Waals surface area contributed by atoms with Crippen LogP contribution in [0.2, 0.25) is 0 Å². The minimum atomic E-state index is -0.704. The summed E-state index contributed by atoms with van der Waals surface area (Å²) in [5.41, 5.74) is 0.621. The first-order valence-corrected chi connectivity index (χ1v) is 5.60. The number of hydrogen-bond donors (Lipinski definition) is 0. The van der Waals surface area contributed by atoms with Crippen molar-refractivity contribution in [1.29, 1.82) is 0 Å². The summed E-state index contributed by atoms with van der Waals surface area (Å²) in [4.78, 5) is 23.3. The Kier molecular flexibility index (Phi) is 5.11. The Balaban J connectivity index is 3.02. The van der Waals surface area contributed by atoms with E-state index in [2.05, 4.69) is 4.74 Å². The number of carbonyl (C=O) groups is 2. The number of methoxy groups -OCH3 is 1. The van der Waals surface area contributed by atoms with Crippen LogP contribution in [0.5, 0.6) is 0 Å². The summed E-state index contributed by atoms with van der Waals surface area (Å²) in [5.74, 6) is -1.38. The van der Waals surface area contributed by atoms with Gasteiger partial charge in [0, 0.05) is 0 Å². The van der Waals surface area contributed by atoms with Crippen molar-refractivity contribution in [1.82, 2.24) is 0 Å². The summed E-state index contributed by atoms with van der Waals surface area (Å²) in [7, 11) is 1.23. The molecule has 0 amide bonds. The normalized spacial score (nSPS) is 11.2. The van der Waals surface area contributed by atoms with E-state index >= 15 is 0 Å². The number of hydrogen-bond acceptors (Lipinski definition) is 4. The standard InChI is InChI=1S/C14H16O4/c1-10(2)18-14(16)12(13(15)17-3)9-11-7-5-4-6-8-11/h4-10H,1-3H3/b12-9+. The van der Waals surface area contributed by atoms with Gasteiger partial charge in [-0.3, -0.25) is 0 Å². The zero-order valence-electron chi connectivity index (χ0n) is 10.7. The Morgan fingerprint density at radius 2 is 1.72 bits per heavy atom. The summed E-state index contributed by atoms with van der Waals surface area (Å²) < 4.78 is 9.58. The molecule has 0 saturated heterocycles. The molecule has 18 heavy (non-hydrogen) atoms. The van der Waals surface area contributed by atoms with Gasteiger partial charge in [-0.2, -0.15) is 0 Å². The van der Waals surface area contributed by atoms with Crippen molar-refractivity contribution in [2.24, 2.45) is 0 Å². The maximum absolute atomic E-state index is 11.8. The van der Waals surface area contributed by atoms with Crippen LogP contribution in [0.4, 0.5) is 0 Å². The molecule has 0 fully saturated rings. The van der Waals surface area contributed by atoms with Crippen LogP contribution in [0, 0.1) is 0 Å². The Morgan fingerprint density at radius 3 is 2.22 bits per heavy atom. The topological polar surface area (TPSA) is 52.6 Å². The van der Waals surface area contributed by atoms with Crippen LogP contribution in [-0.2, 0) is 19.1 Å². The minimum absolute atomic E-state index is 0.114. The second-order valence-corrected chi connectivity index (χ2v) is 3.91. The third-order valence-corrected chi connectivity index (χ3v) is 2.08. The molecule has 0 aliphatic carbocycles. The monoisotopic (exact) mass is 248 g/mol. The fourth-order valence-electron chi connectivity index (χ4n) is 1.30. The fourth-order valence-corrected chi connectivity index (χ4v) is 1.30. The van der Waals surface area contributed by atoms with Gasteiger partial charge >= 0.3 is 11.9 Å². The highest BCUT2D eigenvalue weighted by Crippen LogP contribution is 2.10. The van der Waals surface area contributed by atoms with Crippen LogP contribution in [-0.4, -0.2) is 25.2 Å². The Bertz CT molecular complexity index is 446. The highest BCUT2D eigenvalue weighted by atomic mass is 16.6. The lowest BCUT2D eigenvalue weighted by Gasteiger charge is -2.09. The number of carbonyl (C=O) groups excluding carboxylic acids is 2. The highest BCUT2D eigenvalue weighted by molar-refractivity contribution is 6.17. The van der Waals surface area contributed by atoms with Gasteiger partial charge in [-0.25, -0.2) is 9.59 Å². The molecule has 1 rings (SSSR count). The number of ether oxygens (including phenoxy) is 2. The lowest BCUT2D eigenvalue weighted by atomic mass is 10.1. The van der Waals surface area contributed by atoms with Crippen molar-refractivity contribution in [2.45, 2.75) is 20.0 Å². The zero-order chi connectivity index (χ0) is 13.5. The Hall–Kier alpha value is -2.10. The van der Waals surface area contributed by atoms with Crippen LogP contribution < -0.4 is 0 Å². The van der Waals surface area contributed by atoms with Crippen LogP contribution in [0.3, 0.4) is 0 Å². The van der Waals surface area contributed by atoms with E-state index in [1.165, 1.54) is 13.2 Å². The maximum Gasteiger partial charge on any atom is 0.345 e. The first kappa shape index (κ1) is 14.0. The molecule has 4 nitrogen and oxygen atoms in total. The summed E-state index contributed by atoms with van der Waals surface area (Å²) in [6.45, 7) is 3.44. The molecule has 0 heterocycles. The number of rotatable bonds is 4. The molecule has 0 unspecified atom stereocenters. The molecule has 0 aromatic heterocycles. The van der Waals surface area contributed by atoms with E-state index in [1.807, 2.05) is 18.2 Å². The van der Waals surface area contributed by atoms with Gasteiger partial charge in [0.15, 0.2) is 0 Å². The summed E-state index contributed by atoms with van der Waals surface area (Å²) >= 11 is 0. The molecule has 0 saturated carbocycles. The number of benzene rings is 1. The predicted octanol–water partition coefficient (Wildman–Crippen LogP) is 2.19. The van der Waals surface area contributed by atoms with Crippen LogP contribution in [0.25, 0.3) is 6.08 Å². The average Bonchev–Trinajstić information content (AvgIpc) is 2.35. The van der Waals surface area contributed by atoms with E-state index in [0.717, 1.165) is 5.56 Å². The summed E-state index contributed by atoms with van der Waals surface area (Å²) in [6.07, 6.45) is 1.16. The third kappa shape index (κ3) is 4.05. The van der Waals surface area contributed by atoms with Crippen molar-refractivity contribution < 1.29 is 19.1 Å². The predicted molar refractivity (Wildman–Crippen MR) is 67.7 cm³/mol. The van der Waals surface area contributed by atoms with Crippen molar-refractivity contribution in [2.75, 3.05) is 7.11 Å². The van der Waals surface area contributed by atoms with Gasteiger partial charge in [-0.05, 0) is 25.5 Å². The van der Waals surface area contributed by atoms with Crippen LogP contribution in [0.1, 0.15) is 19.4 Å². The first-order chi connectivity index (χ1) is 8.54. The van der Waals surface area contributed by atoms with Gasteiger partial charge in [0.1, 0.15) is 5.57 Å². The SMILES string of the molecule is COC(=O)/C(=C\c1ccccc1)C(=O)OC(C)C. The second kappa shape index (κ2) is 6.59.